The van der Waals surface area contributed by atoms with Crippen LogP contribution in [0.5, 0.6) is 11.5 Å². The highest BCUT2D eigenvalue weighted by molar-refractivity contribution is 5.78. The SMILES string of the molecule is COc1cccc(Cn2cccc2CN(C(=O)COc2ccccc2)C2CCCCC2)c1. The van der Waals surface area contributed by atoms with Crippen molar-refractivity contribution < 1.29 is 14.3 Å². The fraction of sp³-hybridized carbons (Fsp3) is 0.370. The maximum atomic E-state index is 13.3. The van der Waals surface area contributed by atoms with Crippen LogP contribution < -0.4 is 9.47 Å². The summed E-state index contributed by atoms with van der Waals surface area (Å²) in [5, 5.41) is 0. The number of amides is 1. The predicted molar refractivity (Wildman–Crippen MR) is 126 cm³/mol. The first-order valence-electron chi connectivity index (χ1n) is 11.5. The first-order valence-corrected chi connectivity index (χ1v) is 11.5. The zero-order valence-corrected chi connectivity index (χ0v) is 18.8. The Morgan fingerprint density at radius 2 is 1.75 bits per heavy atom. The first-order chi connectivity index (χ1) is 15.7. The van der Waals surface area contributed by atoms with Crippen LogP contribution in [0, 0.1) is 0 Å². The predicted octanol–water partition coefficient (Wildman–Crippen LogP) is 5.29. The third kappa shape index (κ3) is 5.72. The second kappa shape index (κ2) is 10.9. The molecule has 1 aliphatic carbocycles. The number of hydrogen-bond acceptors (Lipinski definition) is 3. The number of carbonyl (C=O) groups excluding carboxylic acids is 1. The molecule has 5 heteroatoms. The van der Waals surface area contributed by atoms with Crippen LogP contribution in [-0.2, 0) is 17.9 Å². The molecular weight excluding hydrogens is 400 g/mol. The average molecular weight is 433 g/mol. The van der Waals surface area contributed by atoms with Gasteiger partial charge in [0.15, 0.2) is 6.61 Å². The second-order valence-electron chi connectivity index (χ2n) is 8.39. The molecule has 0 atom stereocenters. The van der Waals surface area contributed by atoms with Gasteiger partial charge in [0.2, 0.25) is 0 Å². The Morgan fingerprint density at radius 3 is 2.53 bits per heavy atom. The third-order valence-corrected chi connectivity index (χ3v) is 6.18. The molecule has 1 aromatic heterocycles. The van der Waals surface area contributed by atoms with Gasteiger partial charge < -0.3 is 18.9 Å². The lowest BCUT2D eigenvalue weighted by atomic mass is 9.94. The van der Waals surface area contributed by atoms with E-state index in [0.29, 0.717) is 6.54 Å². The van der Waals surface area contributed by atoms with Gasteiger partial charge in [-0.05, 0) is 54.8 Å². The van der Waals surface area contributed by atoms with Gasteiger partial charge in [0.05, 0.1) is 13.7 Å². The molecule has 4 rings (SSSR count). The number of ether oxygens (including phenoxy) is 2. The van der Waals surface area contributed by atoms with Gasteiger partial charge in [0, 0.05) is 24.5 Å². The van der Waals surface area contributed by atoms with Crippen molar-refractivity contribution in [1.82, 2.24) is 9.47 Å². The Kier molecular flexibility index (Phi) is 7.49. The summed E-state index contributed by atoms with van der Waals surface area (Å²) < 4.78 is 13.4. The minimum atomic E-state index is 0.0508. The number of para-hydroxylation sites is 1. The largest absolute Gasteiger partial charge is 0.497 e. The van der Waals surface area contributed by atoms with E-state index in [1.54, 1.807) is 7.11 Å². The lowest BCUT2D eigenvalue weighted by Crippen LogP contribution is -2.43. The van der Waals surface area contributed by atoms with Crippen molar-refractivity contribution in [1.29, 1.82) is 0 Å². The van der Waals surface area contributed by atoms with Crippen LogP contribution in [0.2, 0.25) is 0 Å². The van der Waals surface area contributed by atoms with E-state index in [0.717, 1.165) is 36.6 Å². The number of rotatable bonds is 9. The third-order valence-electron chi connectivity index (χ3n) is 6.18. The molecule has 0 radical (unpaired) electrons. The Balaban J connectivity index is 1.48. The van der Waals surface area contributed by atoms with E-state index in [1.165, 1.54) is 24.8 Å². The standard InChI is InChI=1S/C27H32N2O3/c1-31-26-16-8-10-22(18-26)19-28-17-9-13-24(28)20-29(23-11-4-2-5-12-23)27(30)21-32-25-14-6-3-7-15-25/h3,6-10,13-18,23H,2,4-5,11-12,19-21H2,1H3. The number of nitrogens with zero attached hydrogens (tertiary/aromatic N) is 2. The van der Waals surface area contributed by atoms with Crippen molar-refractivity contribution in [2.24, 2.45) is 0 Å². The van der Waals surface area contributed by atoms with Gasteiger partial charge in [-0.3, -0.25) is 4.79 Å². The van der Waals surface area contributed by atoms with Crippen LogP contribution in [0.4, 0.5) is 0 Å². The molecule has 0 N–H and O–H groups in total. The normalized spacial score (nSPS) is 14.2. The summed E-state index contributed by atoms with van der Waals surface area (Å²) in [7, 11) is 1.69. The molecule has 3 aromatic rings. The molecule has 0 spiro atoms. The summed E-state index contributed by atoms with van der Waals surface area (Å²) in [6.07, 6.45) is 7.82. The lowest BCUT2D eigenvalue weighted by molar-refractivity contribution is -0.137. The highest BCUT2D eigenvalue weighted by Crippen LogP contribution is 2.25. The van der Waals surface area contributed by atoms with Crippen molar-refractivity contribution in [3.63, 3.8) is 0 Å². The van der Waals surface area contributed by atoms with Gasteiger partial charge in [0.1, 0.15) is 11.5 Å². The van der Waals surface area contributed by atoms with Crippen LogP contribution >= 0.6 is 0 Å². The number of methoxy groups -OCH3 is 1. The second-order valence-corrected chi connectivity index (χ2v) is 8.39. The van der Waals surface area contributed by atoms with Crippen molar-refractivity contribution in [3.8, 4) is 11.5 Å². The highest BCUT2D eigenvalue weighted by Gasteiger charge is 2.26. The molecule has 5 nitrogen and oxygen atoms in total. The fourth-order valence-corrected chi connectivity index (χ4v) is 4.45. The maximum absolute atomic E-state index is 13.3. The van der Waals surface area contributed by atoms with E-state index in [1.807, 2.05) is 47.4 Å². The van der Waals surface area contributed by atoms with Crippen LogP contribution in [0.25, 0.3) is 0 Å². The Hall–Kier alpha value is -3.21. The summed E-state index contributed by atoms with van der Waals surface area (Å²) in [4.78, 5) is 15.3. The smallest absolute Gasteiger partial charge is 0.261 e. The molecule has 32 heavy (non-hydrogen) atoms. The van der Waals surface area contributed by atoms with Gasteiger partial charge in [0.25, 0.3) is 5.91 Å². The van der Waals surface area contributed by atoms with Gasteiger partial charge in [-0.1, -0.05) is 49.6 Å². The van der Waals surface area contributed by atoms with Crippen molar-refractivity contribution in [3.05, 3.63) is 84.2 Å². The summed E-state index contributed by atoms with van der Waals surface area (Å²) in [6, 6.07) is 22.1. The first kappa shape index (κ1) is 22.0. The number of hydrogen-bond donors (Lipinski definition) is 0. The molecule has 1 heterocycles. The molecule has 0 unspecified atom stereocenters. The average Bonchev–Trinajstić information content (AvgIpc) is 3.28. The van der Waals surface area contributed by atoms with Crippen molar-refractivity contribution in [2.75, 3.05) is 13.7 Å². The summed E-state index contributed by atoms with van der Waals surface area (Å²) in [5.41, 5.74) is 2.30. The van der Waals surface area contributed by atoms with Gasteiger partial charge in [-0.25, -0.2) is 0 Å². The summed E-state index contributed by atoms with van der Waals surface area (Å²) in [6.45, 7) is 1.41. The van der Waals surface area contributed by atoms with Crippen LogP contribution in [-0.4, -0.2) is 35.1 Å². The van der Waals surface area contributed by atoms with Crippen molar-refractivity contribution in [2.45, 2.75) is 51.2 Å². The quantitative estimate of drug-likeness (QED) is 0.462. The monoisotopic (exact) mass is 432 g/mol. The minimum Gasteiger partial charge on any atom is -0.497 e. The number of benzene rings is 2. The van der Waals surface area contributed by atoms with Gasteiger partial charge in [-0.15, -0.1) is 0 Å². The van der Waals surface area contributed by atoms with E-state index in [4.69, 9.17) is 9.47 Å². The Bertz CT molecular complexity index is 993. The van der Waals surface area contributed by atoms with Crippen LogP contribution in [0.1, 0.15) is 43.4 Å². The van der Waals surface area contributed by atoms with E-state index >= 15 is 0 Å². The molecule has 0 saturated heterocycles. The molecule has 2 aromatic carbocycles. The molecule has 1 saturated carbocycles. The summed E-state index contributed by atoms with van der Waals surface area (Å²) in [5.74, 6) is 1.63. The molecule has 0 bridgehead atoms. The molecular formula is C27H32N2O3. The van der Waals surface area contributed by atoms with Crippen molar-refractivity contribution >= 4 is 5.91 Å². The molecule has 168 valence electrons. The topological polar surface area (TPSA) is 43.7 Å². The minimum absolute atomic E-state index is 0.0508. The van der Waals surface area contributed by atoms with E-state index in [-0.39, 0.29) is 18.6 Å². The van der Waals surface area contributed by atoms with Crippen LogP contribution in [0.3, 0.4) is 0 Å². The highest BCUT2D eigenvalue weighted by atomic mass is 16.5. The fourth-order valence-electron chi connectivity index (χ4n) is 4.45. The molecule has 1 aliphatic rings. The Labute approximate surface area is 190 Å². The lowest BCUT2D eigenvalue weighted by Gasteiger charge is -2.34. The van der Waals surface area contributed by atoms with Crippen LogP contribution in [0.15, 0.2) is 72.9 Å². The Morgan fingerprint density at radius 1 is 0.969 bits per heavy atom. The molecule has 1 fully saturated rings. The molecule has 0 aliphatic heterocycles. The van der Waals surface area contributed by atoms with Gasteiger partial charge in [-0.2, -0.15) is 0 Å². The number of carbonyl (C=O) groups is 1. The summed E-state index contributed by atoms with van der Waals surface area (Å²) >= 11 is 0. The van der Waals surface area contributed by atoms with Gasteiger partial charge >= 0.3 is 0 Å². The maximum Gasteiger partial charge on any atom is 0.261 e. The number of aromatic nitrogens is 1. The zero-order valence-electron chi connectivity index (χ0n) is 18.8. The van der Waals surface area contributed by atoms with E-state index in [9.17, 15) is 4.79 Å². The van der Waals surface area contributed by atoms with E-state index < -0.39 is 0 Å². The zero-order chi connectivity index (χ0) is 22.2. The molecule has 1 amide bonds. The van der Waals surface area contributed by atoms with E-state index in [2.05, 4.69) is 35.0 Å².